The molecule has 0 amide bonds. The minimum absolute atomic E-state index is 0.277. The summed E-state index contributed by atoms with van der Waals surface area (Å²) in [6, 6.07) is 4.08. The van der Waals surface area contributed by atoms with Gasteiger partial charge in [-0.3, -0.25) is 0 Å². The first-order chi connectivity index (χ1) is 11.8. The van der Waals surface area contributed by atoms with Gasteiger partial charge >= 0.3 is 7.12 Å². The number of nitrogens with zero attached hydrogens (tertiary/aromatic N) is 3. The van der Waals surface area contributed by atoms with Crippen LogP contribution in [-0.4, -0.2) is 46.1 Å². The van der Waals surface area contributed by atoms with E-state index in [9.17, 15) is 0 Å². The van der Waals surface area contributed by atoms with E-state index in [0.29, 0.717) is 5.92 Å². The fraction of sp³-hybridized carbons (Fsp3) is 0.647. The molecule has 0 aliphatic carbocycles. The Morgan fingerprint density at radius 3 is 2.40 bits per heavy atom. The highest BCUT2D eigenvalue weighted by Crippen LogP contribution is 2.37. The predicted molar refractivity (Wildman–Crippen MR) is 95.9 cm³/mol. The molecule has 2 aliphatic heterocycles. The fourth-order valence-corrected chi connectivity index (χ4v) is 3.45. The third-order valence-corrected chi connectivity index (χ3v) is 5.67. The van der Waals surface area contributed by atoms with Crippen LogP contribution in [0.15, 0.2) is 12.1 Å². The van der Waals surface area contributed by atoms with E-state index in [-0.39, 0.29) is 17.2 Å². The predicted octanol–water partition coefficient (Wildman–Crippen LogP) is 1.50. The molecule has 2 fully saturated rings. The van der Waals surface area contributed by atoms with Gasteiger partial charge in [0.2, 0.25) is 5.95 Å². The Morgan fingerprint density at radius 1 is 1.12 bits per heavy atom. The maximum Gasteiger partial charge on any atom is 0.495 e. The van der Waals surface area contributed by atoms with Gasteiger partial charge in [-0.1, -0.05) is 0 Å². The highest BCUT2D eigenvalue weighted by Gasteiger charge is 2.52. The van der Waals surface area contributed by atoms with Gasteiger partial charge in [-0.2, -0.15) is 4.98 Å². The Hall–Kier alpha value is -1.64. The molecule has 0 unspecified atom stereocenters. The van der Waals surface area contributed by atoms with Crippen LogP contribution in [0.3, 0.4) is 0 Å². The van der Waals surface area contributed by atoms with Crippen molar-refractivity contribution >= 4 is 24.2 Å². The normalized spacial score (nSPS) is 23.4. The van der Waals surface area contributed by atoms with E-state index in [2.05, 4.69) is 43.8 Å². The van der Waals surface area contributed by atoms with Gasteiger partial charge in [-0.15, -0.1) is 5.10 Å². The molecule has 2 saturated heterocycles. The Labute approximate surface area is 148 Å². The molecule has 0 bridgehead atoms. The minimum atomic E-state index is -0.425. The molecule has 0 spiro atoms. The first kappa shape index (κ1) is 16.8. The van der Waals surface area contributed by atoms with Crippen LogP contribution in [0.1, 0.15) is 52.1 Å². The summed E-state index contributed by atoms with van der Waals surface area (Å²) < 4.78 is 19.8. The molecule has 4 rings (SSSR count). The van der Waals surface area contributed by atoms with Gasteiger partial charge in [0.15, 0.2) is 5.65 Å². The van der Waals surface area contributed by atoms with E-state index in [0.717, 1.165) is 42.9 Å². The molecule has 4 heterocycles. The molecule has 2 aliphatic rings. The smallest absolute Gasteiger partial charge is 0.399 e. The maximum atomic E-state index is 6.21. The van der Waals surface area contributed by atoms with Gasteiger partial charge in [-0.25, -0.2) is 4.52 Å². The second-order valence-corrected chi connectivity index (χ2v) is 7.93. The lowest BCUT2D eigenvalue weighted by atomic mass is 9.78. The molecular formula is C17H25BN4O3. The standard InChI is InChI=1S/C17H25BN4O3/c1-16(2)17(3,4)25-18(24-16)12-9-13(11-5-7-23-8-6-11)22-14(10-12)20-15(19)21-22/h9-11H,5-8H2,1-4H3,(H2,19,21). The van der Waals surface area contributed by atoms with Crippen LogP contribution < -0.4 is 11.2 Å². The van der Waals surface area contributed by atoms with Crippen molar-refractivity contribution < 1.29 is 14.0 Å². The first-order valence-electron chi connectivity index (χ1n) is 8.86. The summed E-state index contributed by atoms with van der Waals surface area (Å²) in [5, 5.41) is 4.37. The molecule has 7 nitrogen and oxygen atoms in total. The summed E-state index contributed by atoms with van der Waals surface area (Å²) in [7, 11) is -0.425. The summed E-state index contributed by atoms with van der Waals surface area (Å²) in [5.41, 5.74) is 7.87. The van der Waals surface area contributed by atoms with Gasteiger partial charge in [-0.05, 0) is 58.1 Å². The lowest BCUT2D eigenvalue weighted by Gasteiger charge is -2.32. The molecule has 0 aromatic carbocycles. The van der Waals surface area contributed by atoms with Gasteiger partial charge in [0.1, 0.15) is 0 Å². The minimum Gasteiger partial charge on any atom is -0.399 e. The number of anilines is 1. The van der Waals surface area contributed by atoms with Gasteiger partial charge in [0.05, 0.1) is 11.2 Å². The van der Waals surface area contributed by atoms with Crippen LogP contribution in [0.2, 0.25) is 0 Å². The first-order valence-corrected chi connectivity index (χ1v) is 8.86. The molecule has 2 aromatic rings. The van der Waals surface area contributed by atoms with E-state index in [1.54, 1.807) is 0 Å². The number of pyridine rings is 1. The second-order valence-electron chi connectivity index (χ2n) is 7.93. The Bertz CT molecular complexity index is 783. The average molecular weight is 344 g/mol. The zero-order chi connectivity index (χ0) is 17.8. The van der Waals surface area contributed by atoms with Crippen molar-refractivity contribution in [3.63, 3.8) is 0 Å². The number of fused-ring (bicyclic) bond motifs is 1. The molecule has 0 radical (unpaired) electrons. The van der Waals surface area contributed by atoms with Crippen molar-refractivity contribution in [3.8, 4) is 0 Å². The zero-order valence-electron chi connectivity index (χ0n) is 15.3. The SMILES string of the molecule is CC1(C)OB(c2cc(C3CCOCC3)n3nc(N)nc3c2)OC1(C)C. The average Bonchev–Trinajstić information content (AvgIpc) is 3.03. The fourth-order valence-electron chi connectivity index (χ4n) is 3.45. The van der Waals surface area contributed by atoms with E-state index in [1.165, 1.54) is 0 Å². The van der Waals surface area contributed by atoms with Crippen LogP contribution in [0, 0.1) is 0 Å². The Morgan fingerprint density at radius 2 is 1.76 bits per heavy atom. The van der Waals surface area contributed by atoms with Crippen molar-refractivity contribution in [2.45, 2.75) is 57.7 Å². The number of ether oxygens (including phenoxy) is 1. The van der Waals surface area contributed by atoms with E-state index < -0.39 is 7.12 Å². The van der Waals surface area contributed by atoms with Crippen molar-refractivity contribution in [3.05, 3.63) is 17.8 Å². The van der Waals surface area contributed by atoms with Crippen LogP contribution in [0.4, 0.5) is 5.95 Å². The van der Waals surface area contributed by atoms with Gasteiger partial charge < -0.3 is 19.8 Å². The number of nitrogens with two attached hydrogens (primary N) is 1. The Balaban J connectivity index is 1.77. The second kappa shape index (κ2) is 5.69. The zero-order valence-corrected chi connectivity index (χ0v) is 15.3. The third kappa shape index (κ3) is 2.82. The van der Waals surface area contributed by atoms with Crippen molar-refractivity contribution in [1.29, 1.82) is 0 Å². The number of aromatic nitrogens is 3. The molecule has 2 N–H and O–H groups in total. The highest BCUT2D eigenvalue weighted by atomic mass is 16.7. The summed E-state index contributed by atoms with van der Waals surface area (Å²) in [5.74, 6) is 0.638. The largest absolute Gasteiger partial charge is 0.495 e. The maximum absolute atomic E-state index is 6.21. The molecule has 8 heteroatoms. The summed E-state index contributed by atoms with van der Waals surface area (Å²) in [4.78, 5) is 4.36. The number of hydrogen-bond acceptors (Lipinski definition) is 6. The summed E-state index contributed by atoms with van der Waals surface area (Å²) in [6.45, 7) is 9.74. The number of hydrogen-bond donors (Lipinski definition) is 1. The number of rotatable bonds is 2. The van der Waals surface area contributed by atoms with Crippen LogP contribution in [0.25, 0.3) is 5.65 Å². The number of nitrogen functional groups attached to an aromatic ring is 1. The summed E-state index contributed by atoms with van der Waals surface area (Å²) >= 11 is 0. The lowest BCUT2D eigenvalue weighted by molar-refractivity contribution is 0.00578. The van der Waals surface area contributed by atoms with Gasteiger partial charge in [0.25, 0.3) is 0 Å². The molecule has 134 valence electrons. The van der Waals surface area contributed by atoms with Crippen molar-refractivity contribution in [1.82, 2.24) is 14.6 Å². The van der Waals surface area contributed by atoms with Crippen LogP contribution in [-0.2, 0) is 14.0 Å². The van der Waals surface area contributed by atoms with E-state index >= 15 is 0 Å². The Kier molecular flexibility index (Phi) is 3.83. The molecule has 0 saturated carbocycles. The van der Waals surface area contributed by atoms with Crippen molar-refractivity contribution in [2.24, 2.45) is 0 Å². The molecule has 0 atom stereocenters. The van der Waals surface area contributed by atoms with Gasteiger partial charge in [0, 0.05) is 24.8 Å². The summed E-state index contributed by atoms with van der Waals surface area (Å²) in [6.07, 6.45) is 1.92. The van der Waals surface area contributed by atoms with Crippen LogP contribution in [0.5, 0.6) is 0 Å². The van der Waals surface area contributed by atoms with Crippen LogP contribution >= 0.6 is 0 Å². The van der Waals surface area contributed by atoms with E-state index in [1.807, 2.05) is 10.6 Å². The molecule has 25 heavy (non-hydrogen) atoms. The quantitative estimate of drug-likeness (QED) is 0.832. The monoisotopic (exact) mass is 344 g/mol. The molecular weight excluding hydrogens is 319 g/mol. The lowest BCUT2D eigenvalue weighted by Crippen LogP contribution is -2.41. The van der Waals surface area contributed by atoms with Crippen molar-refractivity contribution in [2.75, 3.05) is 18.9 Å². The highest BCUT2D eigenvalue weighted by molar-refractivity contribution is 6.62. The topological polar surface area (TPSA) is 83.9 Å². The third-order valence-electron chi connectivity index (χ3n) is 5.67. The van der Waals surface area contributed by atoms with E-state index in [4.69, 9.17) is 19.8 Å². The molecule has 2 aromatic heterocycles.